The third-order valence-corrected chi connectivity index (χ3v) is 11.5. The molecule has 0 aliphatic carbocycles. The lowest BCUT2D eigenvalue weighted by atomic mass is 9.98. The summed E-state index contributed by atoms with van der Waals surface area (Å²) >= 11 is 0. The van der Waals surface area contributed by atoms with E-state index in [2.05, 4.69) is 124 Å². The normalized spacial score (nSPS) is 19.3. The fourth-order valence-electron chi connectivity index (χ4n) is 7.34. The molecule has 0 spiro atoms. The van der Waals surface area contributed by atoms with E-state index in [0.717, 1.165) is 103 Å². The number of rotatable bonds is 44. The van der Waals surface area contributed by atoms with Crippen LogP contribution in [-0.4, -0.2) is 89.2 Å². The Balaban J connectivity index is 2.81. The van der Waals surface area contributed by atoms with Crippen molar-refractivity contribution in [3.05, 3.63) is 122 Å². The molecule has 6 atom stereocenters. The molecule has 3 N–H and O–H groups in total. The van der Waals surface area contributed by atoms with Crippen LogP contribution in [0.4, 0.5) is 0 Å². The van der Waals surface area contributed by atoms with Crippen LogP contribution in [0.1, 0.15) is 188 Å². The lowest BCUT2D eigenvalue weighted by molar-refractivity contribution is -0.301. The summed E-state index contributed by atoms with van der Waals surface area (Å²) in [6, 6.07) is 0. The Labute approximate surface area is 439 Å². The first-order valence-corrected chi connectivity index (χ1v) is 27.5. The maximum absolute atomic E-state index is 13.1. The summed E-state index contributed by atoms with van der Waals surface area (Å²) in [7, 11) is 0. The van der Waals surface area contributed by atoms with E-state index in [4.69, 9.17) is 23.7 Å². The Bertz CT molecular complexity index is 1730. The quantitative estimate of drug-likeness (QED) is 0.0228. The summed E-state index contributed by atoms with van der Waals surface area (Å²) in [5.41, 5.74) is 0. The minimum atomic E-state index is -1.94. The number of carbonyl (C=O) groups is 4. The molecule has 0 amide bonds. The minimum absolute atomic E-state index is 0.0730. The van der Waals surface area contributed by atoms with Crippen LogP contribution >= 0.6 is 0 Å². The summed E-state index contributed by atoms with van der Waals surface area (Å²) in [5.74, 6) is -3.32. The lowest BCUT2D eigenvalue weighted by Crippen LogP contribution is -2.61. The van der Waals surface area contributed by atoms with Crippen molar-refractivity contribution in [2.24, 2.45) is 0 Å². The number of carbonyl (C=O) groups excluding carboxylic acids is 3. The zero-order chi connectivity index (χ0) is 53.3. The Morgan fingerprint density at radius 1 is 0.466 bits per heavy atom. The molecule has 6 unspecified atom stereocenters. The monoisotopic (exact) mass is 1020 g/mol. The highest BCUT2D eigenvalue weighted by atomic mass is 16.7. The molecule has 0 bridgehead atoms. The summed E-state index contributed by atoms with van der Waals surface area (Å²) in [6.07, 6.45) is 53.4. The highest BCUT2D eigenvalue weighted by Crippen LogP contribution is 2.26. The number of esters is 3. The van der Waals surface area contributed by atoms with Gasteiger partial charge in [0.15, 0.2) is 24.6 Å². The Morgan fingerprint density at radius 3 is 1.40 bits per heavy atom. The molecule has 12 nitrogen and oxygen atoms in total. The van der Waals surface area contributed by atoms with Crippen LogP contribution in [0.3, 0.4) is 0 Å². The van der Waals surface area contributed by atoms with E-state index in [0.29, 0.717) is 25.7 Å². The van der Waals surface area contributed by atoms with E-state index in [9.17, 15) is 34.5 Å². The van der Waals surface area contributed by atoms with Gasteiger partial charge >= 0.3 is 23.9 Å². The topological polar surface area (TPSA) is 175 Å². The maximum Gasteiger partial charge on any atom is 0.335 e. The number of aliphatic hydroxyl groups is 2. The van der Waals surface area contributed by atoms with Crippen molar-refractivity contribution in [3.8, 4) is 0 Å². The fraction of sp³-hybridized carbons (Fsp3) is 0.607. The van der Waals surface area contributed by atoms with E-state index in [1.165, 1.54) is 19.3 Å². The summed E-state index contributed by atoms with van der Waals surface area (Å²) < 4.78 is 28.2. The molecular formula is C61H94O12. The van der Waals surface area contributed by atoms with Crippen molar-refractivity contribution in [2.45, 2.75) is 225 Å². The van der Waals surface area contributed by atoms with Gasteiger partial charge in [0.25, 0.3) is 0 Å². The third-order valence-electron chi connectivity index (χ3n) is 11.5. The summed E-state index contributed by atoms with van der Waals surface area (Å²) in [4.78, 5) is 50.9. The molecule has 73 heavy (non-hydrogen) atoms. The number of allylic oxidation sites excluding steroid dienone is 20. The van der Waals surface area contributed by atoms with Gasteiger partial charge in [-0.15, -0.1) is 0 Å². The second kappa shape index (κ2) is 48.1. The van der Waals surface area contributed by atoms with Crippen LogP contribution < -0.4 is 0 Å². The van der Waals surface area contributed by atoms with Gasteiger partial charge < -0.3 is 39.0 Å². The molecule has 0 aromatic heterocycles. The molecule has 12 heteroatoms. The highest BCUT2D eigenvalue weighted by Gasteiger charge is 2.50. The SMILES string of the molecule is CC/C=C\C/C=C\C/C=C\C/C=C\CCCCC(=O)OCC(COC1OC(C(=O)O)C(O)C(O)C1OC(=O)CC/C=C\C/C=C\C/C=C\C/C=C\CC)OC(=O)CCCCCCC/C=C\C/C=C\CCCCC. The van der Waals surface area contributed by atoms with E-state index in [1.54, 1.807) is 0 Å². The second-order valence-electron chi connectivity index (χ2n) is 18.1. The predicted molar refractivity (Wildman–Crippen MR) is 293 cm³/mol. The van der Waals surface area contributed by atoms with Crippen molar-refractivity contribution < 1.29 is 58.2 Å². The first-order valence-electron chi connectivity index (χ1n) is 27.5. The minimum Gasteiger partial charge on any atom is -0.479 e. The fourth-order valence-corrected chi connectivity index (χ4v) is 7.34. The van der Waals surface area contributed by atoms with Crippen LogP contribution in [0.2, 0.25) is 0 Å². The molecule has 0 saturated carbocycles. The second-order valence-corrected chi connectivity index (χ2v) is 18.1. The predicted octanol–water partition coefficient (Wildman–Crippen LogP) is 13.7. The van der Waals surface area contributed by atoms with Crippen molar-refractivity contribution in [1.29, 1.82) is 0 Å². The number of aliphatic carboxylic acids is 1. The number of ether oxygens (including phenoxy) is 5. The number of carboxylic acid groups (broad SMARTS) is 1. The first kappa shape index (κ1) is 66.1. The van der Waals surface area contributed by atoms with E-state index in [1.807, 2.05) is 18.2 Å². The number of hydrogen-bond acceptors (Lipinski definition) is 11. The van der Waals surface area contributed by atoms with E-state index >= 15 is 0 Å². The van der Waals surface area contributed by atoms with E-state index in [-0.39, 0.29) is 25.9 Å². The number of hydrogen-bond donors (Lipinski definition) is 3. The van der Waals surface area contributed by atoms with Gasteiger partial charge in [-0.1, -0.05) is 174 Å². The van der Waals surface area contributed by atoms with Gasteiger partial charge in [-0.25, -0.2) is 4.79 Å². The molecule has 1 fully saturated rings. The number of aliphatic hydroxyl groups excluding tert-OH is 2. The molecule has 410 valence electrons. The van der Waals surface area contributed by atoms with E-state index < -0.39 is 67.3 Å². The molecule has 1 aliphatic rings. The highest BCUT2D eigenvalue weighted by molar-refractivity contribution is 5.74. The van der Waals surface area contributed by atoms with Crippen molar-refractivity contribution in [1.82, 2.24) is 0 Å². The average Bonchev–Trinajstić information content (AvgIpc) is 3.37. The molecule has 1 saturated heterocycles. The third kappa shape index (κ3) is 38.4. The summed E-state index contributed by atoms with van der Waals surface area (Å²) in [5, 5.41) is 31.4. The van der Waals surface area contributed by atoms with Gasteiger partial charge in [0.1, 0.15) is 18.8 Å². The zero-order valence-corrected chi connectivity index (χ0v) is 44.8. The molecule has 0 aromatic rings. The number of carboxylic acids is 1. The van der Waals surface area contributed by atoms with Crippen LogP contribution in [-0.2, 0) is 42.9 Å². The smallest absolute Gasteiger partial charge is 0.335 e. The molecule has 0 radical (unpaired) electrons. The molecular weight excluding hydrogens is 925 g/mol. The largest absolute Gasteiger partial charge is 0.479 e. The standard InChI is InChI=1S/C61H94O12/c1-4-7-10-13-16-19-22-25-27-30-32-35-38-41-44-47-53(62)69-50-52(71-54(63)48-45-42-39-36-34-31-28-26-23-20-17-14-11-8-5-2)51-70-61-59(57(66)56(65)58(73-61)60(67)68)72-55(64)49-46-43-40-37-33-29-24-21-18-15-12-9-6-3/h7,9-10,12,16-21,25-29,32-33,35,40,43,52,56-59,61,65-66H,4-6,8,11,13-15,22-24,30-31,34,36-39,41-42,44-51H2,1-3H3,(H,67,68)/b10-7-,12-9-,19-16-,20-17-,21-18-,27-25-,28-26-,33-29-,35-32-,43-40-. The average molecular weight is 1020 g/mol. The van der Waals surface area contributed by atoms with Crippen LogP contribution in [0.5, 0.6) is 0 Å². The zero-order valence-electron chi connectivity index (χ0n) is 44.8. The van der Waals surface area contributed by atoms with Gasteiger partial charge in [-0.2, -0.15) is 0 Å². The molecule has 1 heterocycles. The van der Waals surface area contributed by atoms with Crippen molar-refractivity contribution >= 4 is 23.9 Å². The van der Waals surface area contributed by atoms with Crippen LogP contribution in [0, 0.1) is 0 Å². The lowest BCUT2D eigenvalue weighted by Gasteiger charge is -2.40. The molecule has 1 rings (SSSR count). The Hall–Kier alpha value is -4.88. The van der Waals surface area contributed by atoms with Crippen LogP contribution in [0.15, 0.2) is 122 Å². The summed E-state index contributed by atoms with van der Waals surface area (Å²) in [6.45, 7) is 5.62. The Kier molecular flexibility index (Phi) is 43.6. The van der Waals surface area contributed by atoms with Crippen LogP contribution in [0.25, 0.3) is 0 Å². The Morgan fingerprint density at radius 2 is 0.890 bits per heavy atom. The maximum atomic E-state index is 13.1. The molecule has 0 aromatic carbocycles. The first-order chi connectivity index (χ1) is 35.6. The van der Waals surface area contributed by atoms with Gasteiger partial charge in [-0.05, 0) is 116 Å². The number of unbranched alkanes of at least 4 members (excludes halogenated alkanes) is 10. The van der Waals surface area contributed by atoms with Gasteiger partial charge in [0, 0.05) is 19.3 Å². The van der Waals surface area contributed by atoms with Gasteiger partial charge in [-0.3, -0.25) is 14.4 Å². The van der Waals surface area contributed by atoms with Gasteiger partial charge in [0.05, 0.1) is 6.61 Å². The molecule has 1 aliphatic heterocycles. The van der Waals surface area contributed by atoms with Gasteiger partial charge in [0.2, 0.25) is 0 Å². The van der Waals surface area contributed by atoms with Crippen molar-refractivity contribution in [2.75, 3.05) is 13.2 Å². The van der Waals surface area contributed by atoms with Crippen molar-refractivity contribution in [3.63, 3.8) is 0 Å².